The van der Waals surface area contributed by atoms with Gasteiger partial charge in [0.2, 0.25) is 0 Å². The Morgan fingerprint density at radius 3 is 2.09 bits per heavy atom. The number of amides is 1. The number of carbonyl (C=O) groups excluding carboxylic acids is 2. The van der Waals surface area contributed by atoms with Gasteiger partial charge in [0.05, 0.1) is 25.8 Å². The van der Waals surface area contributed by atoms with E-state index >= 15 is 0 Å². The van der Waals surface area contributed by atoms with Crippen LogP contribution in [0.15, 0.2) is 48.0 Å². The first-order valence-electron chi connectivity index (χ1n) is 10.8. The third-order valence-corrected chi connectivity index (χ3v) is 6.32. The number of hydrogen-bond acceptors (Lipinski definition) is 6. The molecule has 2 aromatic carbocycles. The monoisotopic (exact) mass is 437 g/mol. The van der Waals surface area contributed by atoms with Gasteiger partial charge < -0.3 is 24.6 Å². The third-order valence-electron chi connectivity index (χ3n) is 6.32. The molecule has 1 atom stereocenters. The van der Waals surface area contributed by atoms with E-state index in [9.17, 15) is 19.8 Å². The summed E-state index contributed by atoms with van der Waals surface area (Å²) in [5.74, 6) is -0.960. The van der Waals surface area contributed by atoms with Crippen LogP contribution in [0, 0.1) is 0 Å². The van der Waals surface area contributed by atoms with Gasteiger partial charge in [0, 0.05) is 6.04 Å². The maximum atomic E-state index is 13.3. The molecule has 1 heterocycles. The van der Waals surface area contributed by atoms with Crippen LogP contribution in [0.4, 0.5) is 0 Å². The molecule has 0 aromatic heterocycles. The summed E-state index contributed by atoms with van der Waals surface area (Å²) >= 11 is 0. The van der Waals surface area contributed by atoms with Gasteiger partial charge in [-0.1, -0.05) is 37.5 Å². The molecule has 1 saturated carbocycles. The number of hydrogen-bond donors (Lipinski definition) is 2. The molecule has 2 aliphatic rings. The summed E-state index contributed by atoms with van der Waals surface area (Å²) in [4.78, 5) is 28.1. The molecular weight excluding hydrogens is 410 g/mol. The number of phenolic OH excluding ortho intramolecular Hbond substituents is 1. The van der Waals surface area contributed by atoms with E-state index in [0.29, 0.717) is 17.1 Å². The molecule has 168 valence electrons. The zero-order valence-corrected chi connectivity index (χ0v) is 18.2. The first-order valence-corrected chi connectivity index (χ1v) is 10.8. The van der Waals surface area contributed by atoms with Crippen molar-refractivity contribution in [2.45, 2.75) is 44.2 Å². The number of Topliss-reactive ketones (excluding diaryl/α,β-unsaturated/α-hetero) is 1. The summed E-state index contributed by atoms with van der Waals surface area (Å²) in [6, 6.07) is 10.5. The Labute approximate surface area is 186 Å². The number of aliphatic hydroxyl groups excluding tert-OH is 1. The van der Waals surface area contributed by atoms with Crippen molar-refractivity contribution in [3.05, 3.63) is 59.2 Å². The number of carbonyl (C=O) groups is 2. The van der Waals surface area contributed by atoms with Gasteiger partial charge in [-0.05, 0) is 42.7 Å². The highest BCUT2D eigenvalue weighted by molar-refractivity contribution is 6.46. The number of nitrogens with zero attached hydrogens (tertiary/aromatic N) is 1. The lowest BCUT2D eigenvalue weighted by molar-refractivity contribution is -0.141. The second kappa shape index (κ2) is 8.94. The van der Waals surface area contributed by atoms with Crippen molar-refractivity contribution in [3.63, 3.8) is 0 Å². The number of likely N-dealkylation sites (tertiary alicyclic amines) is 1. The maximum Gasteiger partial charge on any atom is 0.295 e. The van der Waals surface area contributed by atoms with Crippen LogP contribution < -0.4 is 9.47 Å². The molecule has 0 spiro atoms. The lowest BCUT2D eigenvalue weighted by atomic mass is 9.90. The van der Waals surface area contributed by atoms with Crippen molar-refractivity contribution >= 4 is 17.4 Å². The average Bonchev–Trinajstić information content (AvgIpc) is 3.09. The molecule has 2 aromatic rings. The number of aliphatic hydroxyl groups is 1. The van der Waals surface area contributed by atoms with E-state index in [2.05, 4.69) is 0 Å². The summed E-state index contributed by atoms with van der Waals surface area (Å²) in [6.07, 6.45) is 4.68. The van der Waals surface area contributed by atoms with E-state index in [1.165, 1.54) is 26.4 Å². The Morgan fingerprint density at radius 1 is 0.938 bits per heavy atom. The maximum absolute atomic E-state index is 13.3. The molecule has 0 bridgehead atoms. The van der Waals surface area contributed by atoms with Crippen LogP contribution >= 0.6 is 0 Å². The Balaban J connectivity index is 1.94. The predicted octanol–water partition coefficient (Wildman–Crippen LogP) is 4.16. The summed E-state index contributed by atoms with van der Waals surface area (Å²) < 4.78 is 10.8. The topological polar surface area (TPSA) is 96.3 Å². The lowest BCUT2D eigenvalue weighted by Crippen LogP contribution is -2.40. The minimum atomic E-state index is -0.770. The van der Waals surface area contributed by atoms with Gasteiger partial charge in [-0.2, -0.15) is 0 Å². The number of ether oxygens (including phenoxy) is 2. The second-order valence-electron chi connectivity index (χ2n) is 8.13. The van der Waals surface area contributed by atoms with Crippen molar-refractivity contribution in [1.82, 2.24) is 4.90 Å². The molecule has 1 aliphatic heterocycles. The van der Waals surface area contributed by atoms with Crippen LogP contribution in [-0.4, -0.2) is 47.1 Å². The van der Waals surface area contributed by atoms with Gasteiger partial charge in [-0.25, -0.2) is 0 Å². The highest BCUT2D eigenvalue weighted by Crippen LogP contribution is 2.45. The van der Waals surface area contributed by atoms with E-state index in [1.54, 1.807) is 35.2 Å². The highest BCUT2D eigenvalue weighted by atomic mass is 16.5. The fourth-order valence-corrected chi connectivity index (χ4v) is 4.79. The third kappa shape index (κ3) is 3.68. The smallest absolute Gasteiger partial charge is 0.295 e. The first kappa shape index (κ1) is 21.7. The lowest BCUT2D eigenvalue weighted by Gasteiger charge is -2.35. The molecule has 7 nitrogen and oxygen atoms in total. The molecule has 2 N–H and O–H groups in total. The largest absolute Gasteiger partial charge is 0.508 e. The Kier molecular flexibility index (Phi) is 6.08. The van der Waals surface area contributed by atoms with Crippen molar-refractivity contribution in [2.75, 3.05) is 14.2 Å². The van der Waals surface area contributed by atoms with E-state index in [1.807, 2.05) is 0 Å². The van der Waals surface area contributed by atoms with Gasteiger partial charge >= 0.3 is 0 Å². The van der Waals surface area contributed by atoms with Gasteiger partial charge in [0.1, 0.15) is 28.6 Å². The standard InChI is InChI=1S/C25H27NO6/c1-31-18-9-6-10-19(32-2)20(18)23(28)21-22(15-11-13-17(27)14-12-15)26(25(30)24(21)29)16-7-4-3-5-8-16/h6,9-14,16,22,27-28H,3-5,7-8H2,1-2H3/b23-21+. The van der Waals surface area contributed by atoms with E-state index in [4.69, 9.17) is 9.47 Å². The van der Waals surface area contributed by atoms with Crippen LogP contribution in [0.2, 0.25) is 0 Å². The van der Waals surface area contributed by atoms with Crippen molar-refractivity contribution in [2.24, 2.45) is 0 Å². The van der Waals surface area contributed by atoms with Gasteiger partial charge in [-0.15, -0.1) is 0 Å². The van der Waals surface area contributed by atoms with Gasteiger partial charge in [-0.3, -0.25) is 9.59 Å². The summed E-state index contributed by atoms with van der Waals surface area (Å²) in [7, 11) is 2.92. The molecule has 7 heteroatoms. The molecule has 0 radical (unpaired) electrons. The average molecular weight is 437 g/mol. The van der Waals surface area contributed by atoms with Crippen molar-refractivity contribution in [1.29, 1.82) is 0 Å². The van der Waals surface area contributed by atoms with Gasteiger partial charge in [0.25, 0.3) is 11.7 Å². The minimum Gasteiger partial charge on any atom is -0.508 e. The fourth-order valence-electron chi connectivity index (χ4n) is 4.79. The molecule has 1 saturated heterocycles. The number of ketones is 1. The molecule has 32 heavy (non-hydrogen) atoms. The summed E-state index contributed by atoms with van der Waals surface area (Å²) in [5, 5.41) is 21.2. The zero-order chi connectivity index (χ0) is 22.8. The molecular formula is C25H27NO6. The summed E-state index contributed by atoms with van der Waals surface area (Å²) in [5.41, 5.74) is 0.861. The first-order chi connectivity index (χ1) is 15.5. The zero-order valence-electron chi connectivity index (χ0n) is 18.2. The van der Waals surface area contributed by atoms with E-state index in [0.717, 1.165) is 32.1 Å². The SMILES string of the molecule is COc1cccc(OC)c1/C(O)=C1\C(=O)C(=O)N(C2CCCCC2)C1c1ccc(O)cc1. The molecule has 4 rings (SSSR count). The van der Waals surface area contributed by atoms with E-state index in [-0.39, 0.29) is 28.7 Å². The number of methoxy groups -OCH3 is 2. The minimum absolute atomic E-state index is 0.00550. The molecule has 1 aliphatic carbocycles. The molecule has 2 fully saturated rings. The normalized spacial score (nSPS) is 21.1. The van der Waals surface area contributed by atoms with Crippen LogP contribution in [-0.2, 0) is 9.59 Å². The van der Waals surface area contributed by atoms with Crippen LogP contribution in [0.25, 0.3) is 5.76 Å². The van der Waals surface area contributed by atoms with E-state index < -0.39 is 17.7 Å². The van der Waals surface area contributed by atoms with Crippen molar-refractivity contribution < 1.29 is 29.3 Å². The van der Waals surface area contributed by atoms with Crippen molar-refractivity contribution in [3.8, 4) is 17.2 Å². The Bertz CT molecular complexity index is 1030. The fraction of sp³-hybridized carbons (Fsp3) is 0.360. The molecule has 1 amide bonds. The van der Waals surface area contributed by atoms with Crippen LogP contribution in [0.5, 0.6) is 17.2 Å². The number of aromatic hydroxyl groups is 1. The van der Waals surface area contributed by atoms with Gasteiger partial charge in [0.15, 0.2) is 0 Å². The highest BCUT2D eigenvalue weighted by Gasteiger charge is 2.49. The predicted molar refractivity (Wildman–Crippen MR) is 119 cm³/mol. The second-order valence-corrected chi connectivity index (χ2v) is 8.13. The molecule has 1 unspecified atom stereocenters. The quantitative estimate of drug-likeness (QED) is 0.414. The summed E-state index contributed by atoms with van der Waals surface area (Å²) in [6.45, 7) is 0. The van der Waals surface area contributed by atoms with Crippen LogP contribution in [0.1, 0.15) is 49.3 Å². The Hall–Kier alpha value is -3.48. The number of phenols is 1. The Morgan fingerprint density at radius 2 is 1.53 bits per heavy atom. The number of benzene rings is 2. The van der Waals surface area contributed by atoms with Crippen LogP contribution in [0.3, 0.4) is 0 Å². The number of rotatable bonds is 5.